The first-order chi connectivity index (χ1) is 9.45. The molecule has 0 radical (unpaired) electrons. The Bertz CT molecular complexity index is 614. The molecule has 0 aromatic heterocycles. The largest absolute Gasteiger partial charge is 0.496 e. The number of alkyl halides is 1. The van der Waals surface area contributed by atoms with Gasteiger partial charge >= 0.3 is 0 Å². The highest BCUT2D eigenvalue weighted by atomic mass is 79.9. The Morgan fingerprint density at radius 2 is 1.65 bits per heavy atom. The van der Waals surface area contributed by atoms with Gasteiger partial charge in [-0.15, -0.1) is 0 Å². The van der Waals surface area contributed by atoms with E-state index in [9.17, 15) is 4.39 Å². The molecule has 2 aromatic carbocycles. The molecule has 0 aliphatic carbocycles. The van der Waals surface area contributed by atoms with E-state index >= 15 is 0 Å². The zero-order chi connectivity index (χ0) is 14.9. The van der Waals surface area contributed by atoms with Crippen molar-refractivity contribution in [3.05, 3.63) is 64.0 Å². The smallest absolute Gasteiger partial charge is 0.131 e. The third kappa shape index (κ3) is 2.73. The van der Waals surface area contributed by atoms with Crippen molar-refractivity contribution in [3.63, 3.8) is 0 Å². The van der Waals surface area contributed by atoms with Gasteiger partial charge in [0.05, 0.1) is 11.9 Å². The Morgan fingerprint density at radius 3 is 2.20 bits per heavy atom. The van der Waals surface area contributed by atoms with E-state index in [4.69, 9.17) is 4.74 Å². The Balaban J connectivity index is 2.61. The summed E-state index contributed by atoms with van der Waals surface area (Å²) in [5.74, 6) is 0.303. The predicted molar refractivity (Wildman–Crippen MR) is 84.4 cm³/mol. The highest BCUT2D eigenvalue weighted by Gasteiger charge is 2.22. The summed E-state index contributed by atoms with van der Waals surface area (Å²) in [6.45, 7) is 6.17. The molecule has 0 amide bonds. The van der Waals surface area contributed by atoms with E-state index in [1.165, 1.54) is 11.6 Å². The average Bonchev–Trinajstić information content (AvgIpc) is 2.36. The van der Waals surface area contributed by atoms with E-state index in [0.717, 1.165) is 16.7 Å². The van der Waals surface area contributed by atoms with Gasteiger partial charge in [-0.2, -0.15) is 0 Å². The summed E-state index contributed by atoms with van der Waals surface area (Å²) in [4.78, 5) is -0.223. The van der Waals surface area contributed by atoms with Gasteiger partial charge in [0.15, 0.2) is 0 Å². The van der Waals surface area contributed by atoms with Crippen molar-refractivity contribution in [1.29, 1.82) is 0 Å². The number of halogens is 2. The van der Waals surface area contributed by atoms with E-state index in [1.807, 2.05) is 0 Å². The van der Waals surface area contributed by atoms with Gasteiger partial charge in [-0.05, 0) is 49.6 Å². The van der Waals surface area contributed by atoms with Gasteiger partial charge < -0.3 is 4.74 Å². The van der Waals surface area contributed by atoms with Crippen molar-refractivity contribution in [2.24, 2.45) is 0 Å². The van der Waals surface area contributed by atoms with Crippen LogP contribution in [0.15, 0.2) is 30.3 Å². The SMILES string of the molecule is COc1cccc(F)c1C(Br)c1c(C)cc(C)cc1C. The van der Waals surface area contributed by atoms with Gasteiger partial charge in [-0.1, -0.05) is 39.7 Å². The summed E-state index contributed by atoms with van der Waals surface area (Å²) in [6, 6.07) is 9.14. The lowest BCUT2D eigenvalue weighted by Crippen LogP contribution is -2.04. The second-order valence-electron chi connectivity index (χ2n) is 5.03. The van der Waals surface area contributed by atoms with Crippen LogP contribution in [-0.2, 0) is 0 Å². The van der Waals surface area contributed by atoms with Crippen LogP contribution in [0.2, 0.25) is 0 Å². The summed E-state index contributed by atoms with van der Waals surface area (Å²) in [6.07, 6.45) is 0. The molecule has 0 aliphatic heterocycles. The van der Waals surface area contributed by atoms with Crippen LogP contribution in [-0.4, -0.2) is 7.11 Å². The average molecular weight is 337 g/mol. The lowest BCUT2D eigenvalue weighted by atomic mass is 9.93. The van der Waals surface area contributed by atoms with Crippen LogP contribution in [0.5, 0.6) is 5.75 Å². The van der Waals surface area contributed by atoms with Crippen LogP contribution in [0.1, 0.15) is 32.6 Å². The Hall–Kier alpha value is -1.35. The molecule has 2 aromatic rings. The van der Waals surface area contributed by atoms with Gasteiger partial charge in [-0.25, -0.2) is 4.39 Å². The second kappa shape index (κ2) is 5.96. The monoisotopic (exact) mass is 336 g/mol. The minimum Gasteiger partial charge on any atom is -0.496 e. The van der Waals surface area contributed by atoms with Crippen molar-refractivity contribution >= 4 is 15.9 Å². The summed E-state index contributed by atoms with van der Waals surface area (Å²) in [5.41, 5.74) is 5.15. The standard InChI is InChI=1S/C17H18BrFO/c1-10-8-11(2)15(12(3)9-10)17(18)16-13(19)6-5-7-14(16)20-4/h5-9,17H,1-4H3. The molecule has 0 aliphatic rings. The molecule has 1 atom stereocenters. The van der Waals surface area contributed by atoms with E-state index in [0.29, 0.717) is 11.3 Å². The molecular weight excluding hydrogens is 319 g/mol. The molecule has 0 bridgehead atoms. The fraction of sp³-hybridized carbons (Fsp3) is 0.294. The maximum atomic E-state index is 14.2. The van der Waals surface area contributed by atoms with Crippen molar-refractivity contribution in [3.8, 4) is 5.75 Å². The summed E-state index contributed by atoms with van der Waals surface area (Å²) >= 11 is 3.64. The number of benzene rings is 2. The highest BCUT2D eigenvalue weighted by Crippen LogP contribution is 2.41. The first kappa shape index (κ1) is 15.0. The van der Waals surface area contributed by atoms with Crippen molar-refractivity contribution in [1.82, 2.24) is 0 Å². The molecule has 0 N–H and O–H groups in total. The molecule has 0 saturated carbocycles. The molecule has 3 heteroatoms. The number of hydrogen-bond donors (Lipinski definition) is 0. The van der Waals surface area contributed by atoms with Crippen LogP contribution in [0.25, 0.3) is 0 Å². The zero-order valence-corrected chi connectivity index (χ0v) is 13.7. The quantitative estimate of drug-likeness (QED) is 0.696. The number of rotatable bonds is 3. The zero-order valence-electron chi connectivity index (χ0n) is 12.1. The maximum Gasteiger partial charge on any atom is 0.131 e. The van der Waals surface area contributed by atoms with Gasteiger partial charge in [-0.3, -0.25) is 0 Å². The van der Waals surface area contributed by atoms with Gasteiger partial charge in [0.25, 0.3) is 0 Å². The minimum atomic E-state index is -0.259. The van der Waals surface area contributed by atoms with E-state index in [-0.39, 0.29) is 10.6 Å². The van der Waals surface area contributed by atoms with Gasteiger partial charge in [0.1, 0.15) is 11.6 Å². The predicted octanol–water partition coefficient (Wildman–Crippen LogP) is 5.24. The number of hydrogen-bond acceptors (Lipinski definition) is 1. The Labute approximate surface area is 127 Å². The summed E-state index contributed by atoms with van der Waals surface area (Å²) < 4.78 is 19.5. The minimum absolute atomic E-state index is 0.223. The molecule has 1 nitrogen and oxygen atoms in total. The first-order valence-corrected chi connectivity index (χ1v) is 7.41. The van der Waals surface area contributed by atoms with Gasteiger partial charge in [0.2, 0.25) is 0 Å². The fourth-order valence-electron chi connectivity index (χ4n) is 2.68. The van der Waals surface area contributed by atoms with Crippen molar-refractivity contribution in [2.75, 3.05) is 7.11 Å². The van der Waals surface area contributed by atoms with Crippen LogP contribution in [0, 0.1) is 26.6 Å². The lowest BCUT2D eigenvalue weighted by molar-refractivity contribution is 0.405. The fourth-order valence-corrected chi connectivity index (χ4v) is 3.84. The molecule has 2 rings (SSSR count). The summed E-state index contributed by atoms with van der Waals surface area (Å²) in [5, 5.41) is 0. The van der Waals surface area contributed by atoms with Crippen LogP contribution in [0.3, 0.4) is 0 Å². The topological polar surface area (TPSA) is 9.23 Å². The Morgan fingerprint density at radius 1 is 1.05 bits per heavy atom. The number of ether oxygens (including phenoxy) is 1. The number of methoxy groups -OCH3 is 1. The normalized spacial score (nSPS) is 12.3. The van der Waals surface area contributed by atoms with E-state index in [1.54, 1.807) is 19.2 Å². The molecule has 0 spiro atoms. The van der Waals surface area contributed by atoms with Crippen LogP contribution >= 0.6 is 15.9 Å². The molecule has 0 heterocycles. The number of aryl methyl sites for hydroxylation is 3. The van der Waals surface area contributed by atoms with E-state index < -0.39 is 0 Å². The lowest BCUT2D eigenvalue weighted by Gasteiger charge is -2.20. The molecule has 0 fully saturated rings. The highest BCUT2D eigenvalue weighted by molar-refractivity contribution is 9.09. The third-order valence-electron chi connectivity index (χ3n) is 3.48. The Kier molecular flexibility index (Phi) is 4.48. The molecular formula is C17H18BrFO. The molecule has 20 heavy (non-hydrogen) atoms. The molecule has 106 valence electrons. The first-order valence-electron chi connectivity index (χ1n) is 6.50. The third-order valence-corrected chi connectivity index (χ3v) is 4.39. The molecule has 1 unspecified atom stereocenters. The van der Waals surface area contributed by atoms with Crippen LogP contribution < -0.4 is 4.74 Å². The van der Waals surface area contributed by atoms with Gasteiger partial charge in [0, 0.05) is 5.56 Å². The summed E-state index contributed by atoms with van der Waals surface area (Å²) in [7, 11) is 1.56. The second-order valence-corrected chi connectivity index (χ2v) is 5.95. The maximum absolute atomic E-state index is 14.2. The van der Waals surface area contributed by atoms with E-state index in [2.05, 4.69) is 48.8 Å². The van der Waals surface area contributed by atoms with Crippen LogP contribution in [0.4, 0.5) is 4.39 Å². The van der Waals surface area contributed by atoms with Crippen molar-refractivity contribution in [2.45, 2.75) is 25.6 Å². The van der Waals surface area contributed by atoms with Crippen molar-refractivity contribution < 1.29 is 9.13 Å². The molecule has 0 saturated heterocycles.